The van der Waals surface area contributed by atoms with Crippen LogP contribution in [0.1, 0.15) is 19.5 Å². The van der Waals surface area contributed by atoms with Crippen molar-refractivity contribution in [2.75, 3.05) is 0 Å². The van der Waals surface area contributed by atoms with Gasteiger partial charge in [0, 0.05) is 21.2 Å². The van der Waals surface area contributed by atoms with Crippen molar-refractivity contribution in [3.63, 3.8) is 0 Å². The van der Waals surface area contributed by atoms with Gasteiger partial charge in [-0.05, 0) is 32.2 Å². The zero-order valence-corrected chi connectivity index (χ0v) is 13.9. The Morgan fingerprint density at radius 3 is 2.74 bits per heavy atom. The van der Waals surface area contributed by atoms with Crippen LogP contribution in [0.25, 0.3) is 5.82 Å². The number of rotatable bonds is 1. The molecule has 0 spiro atoms. The van der Waals surface area contributed by atoms with Crippen LogP contribution in [-0.2, 0) is 0 Å². The smallest absolute Gasteiger partial charge is 0.155 e. The molecule has 2 heterocycles. The Morgan fingerprint density at radius 2 is 2.16 bits per heavy atom. The maximum absolute atomic E-state index is 12.7. The summed E-state index contributed by atoms with van der Waals surface area (Å²) < 4.78 is 14.2. The quantitative estimate of drug-likeness (QED) is 0.514. The molecule has 3 nitrogen and oxygen atoms in total. The molecule has 0 fully saturated rings. The van der Waals surface area contributed by atoms with Crippen LogP contribution in [0.3, 0.4) is 0 Å². The van der Waals surface area contributed by atoms with Gasteiger partial charge in [0.25, 0.3) is 0 Å². The Hall–Kier alpha value is -0.780. The van der Waals surface area contributed by atoms with Gasteiger partial charge in [-0.25, -0.2) is 14.1 Å². The number of pyridine rings is 1. The number of hydrogen-bond donors (Lipinski definition) is 0. The van der Waals surface area contributed by atoms with Crippen LogP contribution in [0.2, 0.25) is 5.02 Å². The van der Waals surface area contributed by atoms with E-state index in [0.29, 0.717) is 16.5 Å². The molecule has 2 aromatic heterocycles. The lowest BCUT2D eigenvalue weighted by molar-refractivity contribution is 0.619. The van der Waals surface area contributed by atoms with Crippen molar-refractivity contribution in [1.29, 1.82) is 0 Å². The Labute approximate surface area is 132 Å². The lowest BCUT2D eigenvalue weighted by Crippen LogP contribution is -1.98. The summed E-state index contributed by atoms with van der Waals surface area (Å²) in [5.41, 5.74) is 0.474. The fourth-order valence-corrected chi connectivity index (χ4v) is 1.77. The van der Waals surface area contributed by atoms with Gasteiger partial charge >= 0.3 is 0 Å². The van der Waals surface area contributed by atoms with Crippen LogP contribution in [0.4, 0.5) is 4.39 Å². The third-order valence-corrected chi connectivity index (χ3v) is 2.94. The maximum atomic E-state index is 12.7. The van der Waals surface area contributed by atoms with E-state index in [1.807, 2.05) is 13.8 Å². The molecule has 0 atom stereocenters. The zero-order valence-electron chi connectivity index (χ0n) is 10.2. The van der Waals surface area contributed by atoms with Crippen LogP contribution in [0.5, 0.6) is 0 Å². The van der Waals surface area contributed by atoms with Gasteiger partial charge in [0.15, 0.2) is 11.5 Å². The second-order valence-corrected chi connectivity index (χ2v) is 5.00. The summed E-state index contributed by atoms with van der Waals surface area (Å²) in [6, 6.07) is 2.83. The molecule has 2 rings (SSSR count). The lowest BCUT2D eigenvalue weighted by Gasteiger charge is -1.97. The molecule has 0 bridgehead atoms. The van der Waals surface area contributed by atoms with Gasteiger partial charge in [-0.2, -0.15) is 5.10 Å². The minimum absolute atomic E-state index is 0.395. The molecule has 0 unspecified atom stereocenters. The van der Waals surface area contributed by atoms with E-state index in [2.05, 4.69) is 42.5 Å². The van der Waals surface area contributed by atoms with Gasteiger partial charge in [0.2, 0.25) is 0 Å². The first-order valence-corrected chi connectivity index (χ1v) is 9.10. The first-order chi connectivity index (χ1) is 9.20. The first-order valence-electron chi connectivity index (χ1n) is 5.36. The van der Waals surface area contributed by atoms with Crippen molar-refractivity contribution in [3.8, 4) is 17.0 Å². The largest absolute Gasteiger partial charge is 0.234 e. The SMILES string of the molecule is CC.Fc1ccc(-n2cc(Cl)c(C#CSI)n2)nc1. The second kappa shape index (κ2) is 8.40. The van der Waals surface area contributed by atoms with Crippen LogP contribution < -0.4 is 0 Å². The standard InChI is InChI=1S/C10H4ClFIN3S.C2H6/c11-8-6-16(15-9(8)3-4-17-13)10-2-1-7(12)5-14-10;1-2/h1-2,5-6H;1-2H3. The Bertz CT molecular complexity index is 589. The average molecular weight is 410 g/mol. The summed E-state index contributed by atoms with van der Waals surface area (Å²) in [6.07, 6.45) is 2.71. The normalized spacial score (nSPS) is 9.11. The summed E-state index contributed by atoms with van der Waals surface area (Å²) in [5, 5.41) is 7.39. The Morgan fingerprint density at radius 1 is 1.42 bits per heavy atom. The molecule has 100 valence electrons. The van der Waals surface area contributed by atoms with E-state index in [9.17, 15) is 4.39 Å². The highest BCUT2D eigenvalue weighted by Crippen LogP contribution is 2.16. The molecule has 19 heavy (non-hydrogen) atoms. The van der Waals surface area contributed by atoms with Crippen molar-refractivity contribution in [1.82, 2.24) is 14.8 Å². The molecule has 2 aromatic rings. The van der Waals surface area contributed by atoms with Crippen LogP contribution in [0.15, 0.2) is 24.5 Å². The van der Waals surface area contributed by atoms with Gasteiger partial charge in [-0.1, -0.05) is 25.4 Å². The van der Waals surface area contributed by atoms with E-state index in [1.165, 1.54) is 25.7 Å². The molecule has 0 saturated heterocycles. The summed E-state index contributed by atoms with van der Waals surface area (Å²) in [6.45, 7) is 4.00. The summed E-state index contributed by atoms with van der Waals surface area (Å²) in [5.74, 6) is 2.90. The van der Waals surface area contributed by atoms with E-state index in [1.54, 1.807) is 6.20 Å². The van der Waals surface area contributed by atoms with Crippen molar-refractivity contribution < 1.29 is 4.39 Å². The number of aromatic nitrogens is 3. The molecule has 0 radical (unpaired) electrons. The highest BCUT2D eigenvalue weighted by Gasteiger charge is 2.06. The fraction of sp³-hybridized carbons (Fsp3) is 0.167. The predicted molar refractivity (Wildman–Crippen MR) is 86.2 cm³/mol. The first kappa shape index (κ1) is 16.3. The van der Waals surface area contributed by atoms with Gasteiger partial charge in [0.1, 0.15) is 5.82 Å². The highest BCUT2D eigenvalue weighted by atomic mass is 127. The highest BCUT2D eigenvalue weighted by molar-refractivity contribution is 14.2. The third kappa shape index (κ3) is 4.67. The molecular weight excluding hydrogens is 400 g/mol. The second-order valence-electron chi connectivity index (χ2n) is 2.91. The van der Waals surface area contributed by atoms with E-state index >= 15 is 0 Å². The van der Waals surface area contributed by atoms with E-state index in [-0.39, 0.29) is 0 Å². The minimum Gasteiger partial charge on any atom is -0.234 e. The molecule has 7 heteroatoms. The topological polar surface area (TPSA) is 30.7 Å². The minimum atomic E-state index is -0.395. The molecule has 0 saturated carbocycles. The van der Waals surface area contributed by atoms with E-state index < -0.39 is 5.82 Å². The van der Waals surface area contributed by atoms with Crippen LogP contribution in [0, 0.1) is 17.0 Å². The monoisotopic (exact) mass is 409 g/mol. The summed E-state index contributed by atoms with van der Waals surface area (Å²) in [4.78, 5) is 3.90. The van der Waals surface area contributed by atoms with Crippen LogP contribution >= 0.6 is 41.7 Å². The van der Waals surface area contributed by atoms with Crippen molar-refractivity contribution in [2.45, 2.75) is 13.8 Å². The number of hydrogen-bond acceptors (Lipinski definition) is 3. The third-order valence-electron chi connectivity index (χ3n) is 1.82. The van der Waals surface area contributed by atoms with Crippen molar-refractivity contribution >= 4 is 41.7 Å². The zero-order chi connectivity index (χ0) is 14.3. The van der Waals surface area contributed by atoms with Gasteiger partial charge < -0.3 is 0 Å². The molecule has 0 amide bonds. The molecule has 0 N–H and O–H groups in total. The maximum Gasteiger partial charge on any atom is 0.155 e. The Kier molecular flexibility index (Phi) is 7.20. The van der Waals surface area contributed by atoms with Gasteiger partial charge in [-0.3, -0.25) is 0 Å². The summed E-state index contributed by atoms with van der Waals surface area (Å²) >= 11 is 8.02. The average Bonchev–Trinajstić information content (AvgIpc) is 2.81. The lowest BCUT2D eigenvalue weighted by atomic mass is 10.4. The Balaban J connectivity index is 0.000000861. The molecule has 0 aliphatic heterocycles. The van der Waals surface area contributed by atoms with Crippen molar-refractivity contribution in [3.05, 3.63) is 41.1 Å². The van der Waals surface area contributed by atoms with Crippen LogP contribution in [-0.4, -0.2) is 14.8 Å². The van der Waals surface area contributed by atoms with Crippen molar-refractivity contribution in [2.24, 2.45) is 0 Å². The number of nitrogens with zero attached hydrogens (tertiary/aromatic N) is 3. The molecule has 0 aliphatic rings. The van der Waals surface area contributed by atoms with Gasteiger partial charge in [0.05, 0.1) is 17.4 Å². The molecule has 0 aliphatic carbocycles. The molecular formula is C12H10ClFIN3S. The van der Waals surface area contributed by atoms with E-state index in [0.717, 1.165) is 6.20 Å². The number of halogens is 3. The fourth-order valence-electron chi connectivity index (χ4n) is 1.13. The predicted octanol–water partition coefficient (Wildman–Crippen LogP) is 4.48. The summed E-state index contributed by atoms with van der Waals surface area (Å²) in [7, 11) is 1.35. The molecule has 0 aromatic carbocycles. The van der Waals surface area contributed by atoms with E-state index in [4.69, 9.17) is 11.6 Å². The van der Waals surface area contributed by atoms with Gasteiger partial charge in [-0.15, -0.1) is 0 Å².